The normalized spacial score (nSPS) is 19.9. The summed E-state index contributed by atoms with van der Waals surface area (Å²) in [5.74, 6) is 0.157. The highest BCUT2D eigenvalue weighted by molar-refractivity contribution is 7.89. The lowest BCUT2D eigenvalue weighted by atomic mass is 9.92. The van der Waals surface area contributed by atoms with Crippen molar-refractivity contribution in [3.05, 3.63) is 29.8 Å². The predicted octanol–water partition coefficient (Wildman–Crippen LogP) is 1.66. The Hall–Kier alpha value is -2.39. The van der Waals surface area contributed by atoms with Gasteiger partial charge in [0.05, 0.1) is 7.11 Å². The van der Waals surface area contributed by atoms with E-state index in [1.165, 1.54) is 32.4 Å². The Kier molecular flexibility index (Phi) is 7.80. The lowest BCUT2D eigenvalue weighted by Crippen LogP contribution is -2.44. The van der Waals surface area contributed by atoms with E-state index >= 15 is 0 Å². The molecule has 0 aromatic heterocycles. The Labute approximate surface area is 171 Å². The van der Waals surface area contributed by atoms with Gasteiger partial charge in [-0.15, -0.1) is 0 Å². The molecule has 1 aliphatic rings. The van der Waals surface area contributed by atoms with Crippen LogP contribution in [0.3, 0.4) is 0 Å². The molecule has 9 heteroatoms. The first-order valence-electron chi connectivity index (χ1n) is 9.40. The van der Waals surface area contributed by atoms with Crippen molar-refractivity contribution in [2.24, 2.45) is 11.8 Å². The van der Waals surface area contributed by atoms with E-state index in [1.807, 2.05) is 0 Å². The summed E-state index contributed by atoms with van der Waals surface area (Å²) >= 11 is 0. The van der Waals surface area contributed by atoms with Crippen LogP contribution in [0.2, 0.25) is 0 Å². The number of nitrogens with one attached hydrogen (secondary N) is 1. The molecule has 0 unspecified atom stereocenters. The second-order valence-electron chi connectivity index (χ2n) is 7.30. The maximum absolute atomic E-state index is 12.3. The smallest absolute Gasteiger partial charge is 0.331 e. The van der Waals surface area contributed by atoms with Gasteiger partial charge in [-0.3, -0.25) is 4.79 Å². The zero-order valence-electron chi connectivity index (χ0n) is 17.2. The number of amides is 1. The minimum absolute atomic E-state index is 0.0402. The van der Waals surface area contributed by atoms with Crippen LogP contribution < -0.4 is 9.46 Å². The number of ether oxygens (including phenoxy) is 2. The maximum Gasteiger partial charge on any atom is 0.331 e. The predicted molar refractivity (Wildman–Crippen MR) is 109 cm³/mol. The fourth-order valence-electron chi connectivity index (χ4n) is 3.42. The average Bonchev–Trinajstić information content (AvgIpc) is 2.69. The first-order valence-corrected chi connectivity index (χ1v) is 10.9. The molecule has 1 saturated heterocycles. The first kappa shape index (κ1) is 22.9. The zero-order valence-corrected chi connectivity index (χ0v) is 18.0. The summed E-state index contributed by atoms with van der Waals surface area (Å²) in [7, 11) is -1.05. The molecule has 0 saturated carbocycles. The number of carbonyl (C=O) groups excluding carboxylic acids is 2. The SMILES string of the molecule is CNS(=O)(=O)c1cc(/C=C/C(=O)OCC(=O)N2C[C@@H](C)C[C@H](C)C2)ccc1OC. The molecule has 0 spiro atoms. The molecule has 1 aromatic rings. The number of sulfonamides is 1. The highest BCUT2D eigenvalue weighted by Crippen LogP contribution is 2.25. The summed E-state index contributed by atoms with van der Waals surface area (Å²) in [5, 5.41) is 0. The van der Waals surface area contributed by atoms with Crippen molar-refractivity contribution >= 4 is 28.0 Å². The van der Waals surface area contributed by atoms with Gasteiger partial charge in [0.25, 0.3) is 5.91 Å². The molecular formula is C20H28N2O6S. The molecule has 0 bridgehead atoms. The van der Waals surface area contributed by atoms with Crippen LogP contribution >= 0.6 is 0 Å². The molecule has 1 N–H and O–H groups in total. The number of likely N-dealkylation sites (tertiary alicyclic amines) is 1. The molecule has 2 atom stereocenters. The van der Waals surface area contributed by atoms with Crippen molar-refractivity contribution in [1.82, 2.24) is 9.62 Å². The third-order valence-electron chi connectivity index (χ3n) is 4.72. The molecule has 1 aliphatic heterocycles. The number of methoxy groups -OCH3 is 1. The van der Waals surface area contributed by atoms with Gasteiger partial charge in [-0.2, -0.15) is 0 Å². The molecule has 1 heterocycles. The Balaban J connectivity index is 1.98. The second-order valence-corrected chi connectivity index (χ2v) is 9.16. The van der Waals surface area contributed by atoms with E-state index in [1.54, 1.807) is 11.0 Å². The van der Waals surface area contributed by atoms with Crippen LogP contribution in [0, 0.1) is 11.8 Å². The molecule has 1 fully saturated rings. The van der Waals surface area contributed by atoms with Gasteiger partial charge in [-0.1, -0.05) is 19.9 Å². The van der Waals surface area contributed by atoms with E-state index in [4.69, 9.17) is 9.47 Å². The molecule has 29 heavy (non-hydrogen) atoms. The molecule has 160 valence electrons. The highest BCUT2D eigenvalue weighted by atomic mass is 32.2. The van der Waals surface area contributed by atoms with Crippen LogP contribution in [0.1, 0.15) is 25.8 Å². The largest absolute Gasteiger partial charge is 0.495 e. The number of rotatable bonds is 7. The van der Waals surface area contributed by atoms with E-state index in [0.29, 0.717) is 30.5 Å². The zero-order chi connectivity index (χ0) is 21.6. The van der Waals surface area contributed by atoms with Gasteiger partial charge in [-0.25, -0.2) is 17.9 Å². The van der Waals surface area contributed by atoms with Gasteiger partial charge in [0.2, 0.25) is 10.0 Å². The monoisotopic (exact) mass is 424 g/mol. The third-order valence-corrected chi connectivity index (χ3v) is 6.15. The number of nitrogens with zero attached hydrogens (tertiary/aromatic N) is 1. The molecule has 0 aliphatic carbocycles. The Morgan fingerprint density at radius 2 is 1.90 bits per heavy atom. The molecule has 0 radical (unpaired) electrons. The summed E-state index contributed by atoms with van der Waals surface area (Å²) in [5.41, 5.74) is 0.474. The van der Waals surface area contributed by atoms with E-state index in [2.05, 4.69) is 18.6 Å². The lowest BCUT2D eigenvalue weighted by molar-refractivity contribution is -0.149. The van der Waals surface area contributed by atoms with Gasteiger partial charge in [0, 0.05) is 19.2 Å². The third kappa shape index (κ3) is 6.30. The Morgan fingerprint density at radius 3 is 2.48 bits per heavy atom. The van der Waals surface area contributed by atoms with Gasteiger partial charge >= 0.3 is 5.97 Å². The van der Waals surface area contributed by atoms with Crippen LogP contribution in [0.5, 0.6) is 5.75 Å². The number of hydrogen-bond acceptors (Lipinski definition) is 6. The summed E-state index contributed by atoms with van der Waals surface area (Å²) in [6.45, 7) is 5.23. The Bertz CT molecular complexity index is 871. The first-order chi connectivity index (χ1) is 13.7. The van der Waals surface area contributed by atoms with Gasteiger partial charge < -0.3 is 14.4 Å². The molecule has 1 amide bonds. The van der Waals surface area contributed by atoms with Gasteiger partial charge in [-0.05, 0) is 49.1 Å². The standard InChI is InChI=1S/C20H28N2O6S/c1-14-9-15(2)12-22(11-14)19(23)13-28-20(24)8-6-16-5-7-17(27-4)18(10-16)29(25,26)21-3/h5-8,10,14-15,21H,9,11-13H2,1-4H3/b8-6+/t14-,15-/m0/s1. The Morgan fingerprint density at radius 1 is 1.24 bits per heavy atom. The summed E-state index contributed by atoms with van der Waals surface area (Å²) in [6, 6.07) is 4.49. The van der Waals surface area contributed by atoms with Crippen molar-refractivity contribution < 1.29 is 27.5 Å². The van der Waals surface area contributed by atoms with Crippen molar-refractivity contribution in [3.8, 4) is 5.75 Å². The maximum atomic E-state index is 12.3. The number of esters is 1. The molecule has 8 nitrogen and oxygen atoms in total. The summed E-state index contributed by atoms with van der Waals surface area (Å²) in [4.78, 5) is 25.9. The molecular weight excluding hydrogens is 396 g/mol. The van der Waals surface area contributed by atoms with Crippen LogP contribution in [0.15, 0.2) is 29.2 Å². The minimum Gasteiger partial charge on any atom is -0.495 e. The number of piperidine rings is 1. The topological polar surface area (TPSA) is 102 Å². The van der Waals surface area contributed by atoms with Crippen LogP contribution in [-0.2, 0) is 24.3 Å². The van der Waals surface area contributed by atoms with Gasteiger partial charge in [0.15, 0.2) is 6.61 Å². The van der Waals surface area contributed by atoms with Crippen LogP contribution in [-0.4, -0.2) is 59.0 Å². The van der Waals surface area contributed by atoms with Crippen molar-refractivity contribution in [3.63, 3.8) is 0 Å². The average molecular weight is 425 g/mol. The van der Waals surface area contributed by atoms with E-state index in [9.17, 15) is 18.0 Å². The van der Waals surface area contributed by atoms with Gasteiger partial charge in [0.1, 0.15) is 10.6 Å². The second kappa shape index (κ2) is 9.89. The number of hydrogen-bond donors (Lipinski definition) is 1. The fraction of sp³-hybridized carbons (Fsp3) is 0.500. The lowest BCUT2D eigenvalue weighted by Gasteiger charge is -2.34. The minimum atomic E-state index is -3.72. The van der Waals surface area contributed by atoms with Crippen LogP contribution in [0.4, 0.5) is 0 Å². The highest BCUT2D eigenvalue weighted by Gasteiger charge is 2.25. The van der Waals surface area contributed by atoms with Crippen LogP contribution in [0.25, 0.3) is 6.08 Å². The van der Waals surface area contributed by atoms with Crippen molar-refractivity contribution in [2.45, 2.75) is 25.2 Å². The fourth-order valence-corrected chi connectivity index (χ4v) is 4.35. The summed E-state index contributed by atoms with van der Waals surface area (Å²) in [6.07, 6.45) is 3.66. The van der Waals surface area contributed by atoms with E-state index < -0.39 is 16.0 Å². The molecule has 2 rings (SSSR count). The van der Waals surface area contributed by atoms with Crippen molar-refractivity contribution in [1.29, 1.82) is 0 Å². The number of benzene rings is 1. The van der Waals surface area contributed by atoms with E-state index in [0.717, 1.165) is 12.5 Å². The van der Waals surface area contributed by atoms with Crippen molar-refractivity contribution in [2.75, 3.05) is 33.9 Å². The summed E-state index contributed by atoms with van der Waals surface area (Å²) < 4.78 is 36.5. The number of carbonyl (C=O) groups is 2. The molecule has 1 aromatic carbocycles. The quantitative estimate of drug-likeness (QED) is 0.528. The van der Waals surface area contributed by atoms with E-state index in [-0.39, 0.29) is 23.2 Å².